The highest BCUT2D eigenvalue weighted by Gasteiger charge is 2.50. The minimum absolute atomic E-state index is 0.0516. The average molecular weight is 527 g/mol. The number of carboxylic acids is 1. The van der Waals surface area contributed by atoms with E-state index < -0.39 is 53.6 Å². The molecule has 11 heteroatoms. The number of carboxylic acid groups (broad SMARTS) is 1. The van der Waals surface area contributed by atoms with E-state index in [9.17, 15) is 29.1 Å². The molecule has 1 fully saturated rings. The minimum atomic E-state index is -1.18. The van der Waals surface area contributed by atoms with E-state index in [0.717, 1.165) is 0 Å². The van der Waals surface area contributed by atoms with Gasteiger partial charge >= 0.3 is 12.0 Å². The van der Waals surface area contributed by atoms with Crippen molar-refractivity contribution in [1.29, 1.82) is 0 Å². The third-order valence-corrected chi connectivity index (χ3v) is 6.23. The van der Waals surface area contributed by atoms with Crippen LogP contribution in [0.2, 0.25) is 0 Å². The van der Waals surface area contributed by atoms with Crippen molar-refractivity contribution in [2.75, 3.05) is 6.61 Å². The molecule has 0 aromatic carbocycles. The number of ketones is 1. The maximum Gasteiger partial charge on any atom is 0.326 e. The van der Waals surface area contributed by atoms with Crippen LogP contribution in [0.25, 0.3) is 0 Å². The summed E-state index contributed by atoms with van der Waals surface area (Å²) in [5, 5.41) is 19.8. The van der Waals surface area contributed by atoms with Crippen molar-refractivity contribution in [2.24, 2.45) is 23.7 Å². The lowest BCUT2D eigenvalue weighted by Crippen LogP contribution is -2.59. The Kier molecular flexibility index (Phi) is 12.0. The van der Waals surface area contributed by atoms with Gasteiger partial charge in [-0.3, -0.25) is 14.4 Å². The van der Waals surface area contributed by atoms with Crippen LogP contribution in [0.5, 0.6) is 0 Å². The summed E-state index contributed by atoms with van der Waals surface area (Å²) in [6, 6.07) is -4.61. The van der Waals surface area contributed by atoms with Crippen LogP contribution < -0.4 is 21.3 Å². The van der Waals surface area contributed by atoms with Crippen molar-refractivity contribution in [3.63, 3.8) is 0 Å². The zero-order valence-corrected chi connectivity index (χ0v) is 23.6. The van der Waals surface area contributed by atoms with Gasteiger partial charge in [0.05, 0.1) is 12.6 Å². The summed E-state index contributed by atoms with van der Waals surface area (Å²) < 4.78 is 5.29. The second kappa shape index (κ2) is 13.7. The van der Waals surface area contributed by atoms with Crippen molar-refractivity contribution in [3.8, 4) is 0 Å². The number of hydrogen-bond acceptors (Lipinski definition) is 6. The van der Waals surface area contributed by atoms with Crippen molar-refractivity contribution in [3.05, 3.63) is 0 Å². The van der Waals surface area contributed by atoms with Gasteiger partial charge < -0.3 is 31.1 Å². The lowest BCUT2D eigenvalue weighted by atomic mass is 9.92. The van der Waals surface area contributed by atoms with Gasteiger partial charge in [0.15, 0.2) is 5.78 Å². The molecule has 0 saturated carbocycles. The number of amides is 4. The third-order valence-electron chi connectivity index (χ3n) is 6.23. The number of urea groups is 1. The molecule has 5 atom stereocenters. The molecule has 0 aromatic heterocycles. The summed E-state index contributed by atoms with van der Waals surface area (Å²) in [6.07, 6.45) is 0.752. The Morgan fingerprint density at radius 3 is 1.57 bits per heavy atom. The molecule has 4 amide bonds. The Morgan fingerprint density at radius 2 is 1.16 bits per heavy atom. The highest BCUT2D eigenvalue weighted by Crippen LogP contribution is 2.29. The number of carbonyl (C=O) groups is 5. The van der Waals surface area contributed by atoms with E-state index in [0.29, 0.717) is 19.4 Å². The molecule has 0 bridgehead atoms. The molecule has 0 aliphatic carbocycles. The van der Waals surface area contributed by atoms with Crippen LogP contribution in [-0.2, 0) is 23.9 Å². The molecule has 1 saturated heterocycles. The van der Waals surface area contributed by atoms with Gasteiger partial charge in [0.1, 0.15) is 23.7 Å². The predicted molar refractivity (Wildman–Crippen MR) is 139 cm³/mol. The lowest BCUT2D eigenvalue weighted by molar-refractivity contribution is -0.140. The molecular weight excluding hydrogens is 480 g/mol. The topological polar surface area (TPSA) is 166 Å². The van der Waals surface area contributed by atoms with Crippen LogP contribution in [0.4, 0.5) is 4.79 Å². The number of ether oxygens (including phenoxy) is 1. The fraction of sp³-hybridized carbons (Fsp3) is 0.808. The highest BCUT2D eigenvalue weighted by molar-refractivity contribution is 5.98. The molecule has 5 N–H and O–H groups in total. The second-order valence-electron chi connectivity index (χ2n) is 11.7. The van der Waals surface area contributed by atoms with E-state index >= 15 is 0 Å². The summed E-state index contributed by atoms with van der Waals surface area (Å²) in [7, 11) is 0. The van der Waals surface area contributed by atoms with Crippen molar-refractivity contribution < 1.29 is 33.8 Å². The maximum absolute atomic E-state index is 13.3. The van der Waals surface area contributed by atoms with E-state index in [1.165, 1.54) is 0 Å². The average Bonchev–Trinajstić information content (AvgIpc) is 3.51. The van der Waals surface area contributed by atoms with E-state index in [1.807, 2.05) is 27.7 Å². The molecule has 1 aliphatic heterocycles. The van der Waals surface area contributed by atoms with Gasteiger partial charge in [-0.25, -0.2) is 9.59 Å². The predicted octanol–water partition coefficient (Wildman–Crippen LogP) is 1.84. The van der Waals surface area contributed by atoms with Gasteiger partial charge in [0.25, 0.3) is 0 Å². The highest BCUT2D eigenvalue weighted by atomic mass is 16.6. The summed E-state index contributed by atoms with van der Waals surface area (Å²) in [5.41, 5.74) is -0.895. The van der Waals surface area contributed by atoms with Crippen LogP contribution in [0.15, 0.2) is 0 Å². The first-order valence-electron chi connectivity index (χ1n) is 13.1. The van der Waals surface area contributed by atoms with Crippen molar-refractivity contribution in [2.45, 2.75) is 105 Å². The molecule has 0 radical (unpaired) electrons. The number of carbonyl (C=O) groups excluding carboxylic acids is 4. The Balaban J connectivity index is 3.00. The molecule has 0 aromatic rings. The Bertz CT molecular complexity index is 837. The number of Topliss-reactive ketones (excluding diaryl/α,β-unsaturated/α-hetero) is 1. The molecule has 11 nitrogen and oxygen atoms in total. The van der Waals surface area contributed by atoms with Gasteiger partial charge in [-0.1, -0.05) is 55.4 Å². The third kappa shape index (κ3) is 10.3. The quantitative estimate of drug-likeness (QED) is 0.203. The normalized spacial score (nSPS) is 20.2. The summed E-state index contributed by atoms with van der Waals surface area (Å²) in [6.45, 7) is 16.5. The fourth-order valence-electron chi connectivity index (χ4n) is 3.93. The Morgan fingerprint density at radius 1 is 0.730 bits per heavy atom. The van der Waals surface area contributed by atoms with Crippen LogP contribution >= 0.6 is 0 Å². The molecule has 1 rings (SSSR count). The SMILES string of the molecule is CC(C)C[C@H](NC(=O)[C@@H](NC(=O)N[C@@H](C(=O)O)C(C)C)C(C)C)C(=O)N[C@@H](CC(C)C)C(=O)[C@@]1(C)CO1. The fourth-order valence-corrected chi connectivity index (χ4v) is 3.93. The zero-order valence-electron chi connectivity index (χ0n) is 23.6. The van der Waals surface area contributed by atoms with Crippen LogP contribution in [0.3, 0.4) is 0 Å². The summed E-state index contributed by atoms with van der Waals surface area (Å²) in [5.74, 6) is -2.95. The van der Waals surface area contributed by atoms with E-state index in [-0.39, 0.29) is 29.5 Å². The molecule has 1 heterocycles. The standard InChI is InChI=1S/C26H46N4O7/c1-13(2)10-17(21(31)26(9)12-37-26)27-22(32)18(11-14(3)4)28-23(33)19(15(5)6)29-25(36)30-20(16(7)8)24(34)35/h13-20H,10-12H2,1-9H3,(H,27,32)(H,28,33)(H,34,35)(H2,29,30,36)/t17-,18-,19-,20+,26+/m0/s1. The van der Waals surface area contributed by atoms with Crippen LogP contribution in [0.1, 0.15) is 75.2 Å². The molecule has 1 aliphatic rings. The molecule has 212 valence electrons. The molecule has 37 heavy (non-hydrogen) atoms. The monoisotopic (exact) mass is 526 g/mol. The number of rotatable bonds is 15. The van der Waals surface area contributed by atoms with Crippen molar-refractivity contribution >= 4 is 29.6 Å². The maximum atomic E-state index is 13.3. The van der Waals surface area contributed by atoms with Crippen molar-refractivity contribution in [1.82, 2.24) is 21.3 Å². The Labute approximate surface area is 220 Å². The summed E-state index contributed by atoms with van der Waals surface area (Å²) >= 11 is 0. The first-order valence-corrected chi connectivity index (χ1v) is 13.1. The Hall–Kier alpha value is -2.69. The molecule has 0 spiro atoms. The van der Waals surface area contributed by atoms with Gasteiger partial charge in [0, 0.05) is 0 Å². The number of epoxide rings is 1. The molecular formula is C26H46N4O7. The van der Waals surface area contributed by atoms with E-state index in [4.69, 9.17) is 4.74 Å². The van der Waals surface area contributed by atoms with E-state index in [1.54, 1.807) is 34.6 Å². The first kappa shape index (κ1) is 32.3. The first-order chi connectivity index (χ1) is 17.0. The van der Waals surface area contributed by atoms with Gasteiger partial charge in [-0.15, -0.1) is 0 Å². The van der Waals surface area contributed by atoms with Gasteiger partial charge in [-0.2, -0.15) is 0 Å². The zero-order chi connectivity index (χ0) is 28.7. The summed E-state index contributed by atoms with van der Waals surface area (Å²) in [4.78, 5) is 63.4. The van der Waals surface area contributed by atoms with Crippen LogP contribution in [-0.4, -0.2) is 71.1 Å². The van der Waals surface area contributed by atoms with Crippen LogP contribution in [0, 0.1) is 23.7 Å². The smallest absolute Gasteiger partial charge is 0.326 e. The lowest BCUT2D eigenvalue weighted by Gasteiger charge is -2.28. The number of nitrogens with one attached hydrogen (secondary N) is 4. The largest absolute Gasteiger partial charge is 0.480 e. The van der Waals surface area contributed by atoms with E-state index in [2.05, 4.69) is 21.3 Å². The number of aliphatic carboxylic acids is 1. The van der Waals surface area contributed by atoms with Gasteiger partial charge in [-0.05, 0) is 43.4 Å². The second-order valence-corrected chi connectivity index (χ2v) is 11.7. The van der Waals surface area contributed by atoms with Gasteiger partial charge in [0.2, 0.25) is 11.8 Å². The number of hydrogen-bond donors (Lipinski definition) is 5. The minimum Gasteiger partial charge on any atom is -0.480 e. The molecule has 0 unspecified atom stereocenters.